The molecule has 0 amide bonds. The van der Waals surface area contributed by atoms with Crippen molar-refractivity contribution in [2.75, 3.05) is 20.8 Å². The molecule has 0 unspecified atom stereocenters. The van der Waals surface area contributed by atoms with E-state index in [1.807, 2.05) is 30.3 Å². The molecule has 0 aromatic heterocycles. The van der Waals surface area contributed by atoms with Crippen molar-refractivity contribution in [2.24, 2.45) is 0 Å². The number of benzene rings is 3. The fourth-order valence-corrected chi connectivity index (χ4v) is 3.69. The summed E-state index contributed by atoms with van der Waals surface area (Å²) in [5.41, 5.74) is 2.17. The van der Waals surface area contributed by atoms with Crippen molar-refractivity contribution in [1.82, 2.24) is 0 Å². The Morgan fingerprint density at radius 1 is 0.969 bits per heavy atom. The van der Waals surface area contributed by atoms with Crippen molar-refractivity contribution in [2.45, 2.75) is 6.42 Å². The second kappa shape index (κ2) is 9.94. The molecule has 0 aliphatic carbocycles. The lowest BCUT2D eigenvalue weighted by molar-refractivity contribution is 0.103. The number of hydrogen-bond acceptors (Lipinski definition) is 6. The zero-order valence-electron chi connectivity index (χ0n) is 17.9. The minimum atomic E-state index is -0.482. The first-order chi connectivity index (χ1) is 15.5. The summed E-state index contributed by atoms with van der Waals surface area (Å²) in [6.07, 6.45) is 1.29. The number of aliphatic hydroxyl groups is 1. The number of rotatable bonds is 9. The Kier molecular flexibility index (Phi) is 7.07. The first-order valence-corrected chi connectivity index (χ1v) is 9.95. The molecule has 6 nitrogen and oxygen atoms in total. The van der Waals surface area contributed by atoms with E-state index in [0.717, 1.165) is 6.08 Å². The maximum atomic E-state index is 13.6. The van der Waals surface area contributed by atoms with Crippen molar-refractivity contribution in [3.8, 4) is 28.4 Å². The predicted octanol–water partition coefficient (Wildman–Crippen LogP) is 4.21. The van der Waals surface area contributed by atoms with Crippen LogP contribution in [-0.2, 0) is 6.42 Å². The minimum Gasteiger partial charge on any atom is -0.507 e. The van der Waals surface area contributed by atoms with E-state index in [9.17, 15) is 19.8 Å². The number of ketones is 2. The van der Waals surface area contributed by atoms with E-state index >= 15 is 0 Å². The van der Waals surface area contributed by atoms with Crippen LogP contribution in [-0.4, -0.2) is 42.6 Å². The molecule has 0 saturated carbocycles. The van der Waals surface area contributed by atoms with E-state index < -0.39 is 11.6 Å². The number of allylic oxidation sites excluding steroid dienone is 1. The molecule has 0 atom stereocenters. The minimum absolute atomic E-state index is 0.0556. The summed E-state index contributed by atoms with van der Waals surface area (Å²) >= 11 is 0. The Balaban J connectivity index is 2.39. The van der Waals surface area contributed by atoms with Crippen molar-refractivity contribution in [3.63, 3.8) is 0 Å². The second-order valence-electron chi connectivity index (χ2n) is 6.98. The summed E-state index contributed by atoms with van der Waals surface area (Å²) in [6, 6.07) is 15.0. The highest BCUT2D eigenvalue weighted by atomic mass is 16.5. The van der Waals surface area contributed by atoms with Crippen molar-refractivity contribution in [1.29, 1.82) is 0 Å². The molecule has 164 valence electrons. The first-order valence-electron chi connectivity index (χ1n) is 9.95. The van der Waals surface area contributed by atoms with Crippen LogP contribution in [0.15, 0.2) is 67.3 Å². The molecule has 6 heteroatoms. The predicted molar refractivity (Wildman–Crippen MR) is 122 cm³/mol. The number of carbonyl (C=O) groups excluding carboxylic acids is 2. The van der Waals surface area contributed by atoms with E-state index in [4.69, 9.17) is 9.47 Å². The smallest absolute Gasteiger partial charge is 0.197 e. The topological polar surface area (TPSA) is 93.1 Å². The molecule has 0 radical (unpaired) electrons. The van der Waals surface area contributed by atoms with Gasteiger partial charge in [0.05, 0.1) is 25.3 Å². The maximum absolute atomic E-state index is 13.6. The summed E-state index contributed by atoms with van der Waals surface area (Å²) in [5.74, 6) is -0.471. The van der Waals surface area contributed by atoms with Gasteiger partial charge in [-0.15, -0.1) is 0 Å². The van der Waals surface area contributed by atoms with Crippen LogP contribution in [0.3, 0.4) is 0 Å². The molecule has 0 saturated heterocycles. The Labute approximate surface area is 186 Å². The lowest BCUT2D eigenvalue weighted by atomic mass is 9.85. The zero-order valence-corrected chi connectivity index (χ0v) is 17.9. The number of ether oxygens (including phenoxy) is 2. The third-order valence-corrected chi connectivity index (χ3v) is 5.15. The summed E-state index contributed by atoms with van der Waals surface area (Å²) in [5, 5.41) is 20.2. The van der Waals surface area contributed by atoms with Crippen LogP contribution in [0.2, 0.25) is 0 Å². The van der Waals surface area contributed by atoms with Gasteiger partial charge >= 0.3 is 0 Å². The number of phenolic OH excluding ortho intramolecular Hbond substituents is 1. The van der Waals surface area contributed by atoms with E-state index in [1.165, 1.54) is 32.4 Å². The van der Waals surface area contributed by atoms with Gasteiger partial charge < -0.3 is 19.7 Å². The van der Waals surface area contributed by atoms with Gasteiger partial charge in [-0.1, -0.05) is 36.9 Å². The summed E-state index contributed by atoms with van der Waals surface area (Å²) in [4.78, 5) is 26.3. The summed E-state index contributed by atoms with van der Waals surface area (Å²) in [6.45, 7) is 3.32. The standard InChI is InChI=1S/C26H24O6/c1-4-22(28)20-15-21(25(30)18-11-10-17(31-2)14-23(18)29)24(16-8-6-5-7-9-16)19(12-13-27)26(20)32-3/h4-11,14-15,27,29H,1,12-13H2,2-3H3. The third kappa shape index (κ3) is 4.26. The van der Waals surface area contributed by atoms with E-state index in [0.29, 0.717) is 22.4 Å². The monoisotopic (exact) mass is 432 g/mol. The number of hydrogen-bond donors (Lipinski definition) is 2. The van der Waals surface area contributed by atoms with Gasteiger partial charge in [0.15, 0.2) is 11.6 Å². The van der Waals surface area contributed by atoms with E-state index in [-0.39, 0.29) is 41.2 Å². The number of phenols is 1. The molecule has 2 N–H and O–H groups in total. The first kappa shape index (κ1) is 22.8. The van der Waals surface area contributed by atoms with Gasteiger partial charge in [-0.3, -0.25) is 9.59 Å². The Hall–Kier alpha value is -3.90. The number of methoxy groups -OCH3 is 2. The largest absolute Gasteiger partial charge is 0.507 e. The highest BCUT2D eigenvalue weighted by Gasteiger charge is 2.27. The Morgan fingerprint density at radius 2 is 1.69 bits per heavy atom. The van der Waals surface area contributed by atoms with Gasteiger partial charge in [0, 0.05) is 23.8 Å². The van der Waals surface area contributed by atoms with Crippen LogP contribution >= 0.6 is 0 Å². The van der Waals surface area contributed by atoms with Crippen molar-refractivity contribution < 1.29 is 29.3 Å². The molecule has 0 spiro atoms. The molecular formula is C26H24O6. The van der Waals surface area contributed by atoms with Gasteiger partial charge in [-0.05, 0) is 41.8 Å². The van der Waals surface area contributed by atoms with Gasteiger partial charge in [0.2, 0.25) is 0 Å². The molecule has 0 aliphatic heterocycles. The normalized spacial score (nSPS) is 10.5. The molecular weight excluding hydrogens is 408 g/mol. The van der Waals surface area contributed by atoms with Crippen LogP contribution in [0.25, 0.3) is 11.1 Å². The Bertz CT molecular complexity index is 1160. The number of aliphatic hydroxyl groups excluding tert-OH is 1. The fourth-order valence-electron chi connectivity index (χ4n) is 3.69. The molecule has 32 heavy (non-hydrogen) atoms. The van der Waals surface area contributed by atoms with Gasteiger partial charge in [0.25, 0.3) is 0 Å². The van der Waals surface area contributed by atoms with Crippen LogP contribution in [0, 0.1) is 0 Å². The lowest BCUT2D eigenvalue weighted by Gasteiger charge is -2.20. The number of aromatic hydroxyl groups is 1. The highest BCUT2D eigenvalue weighted by molar-refractivity contribution is 6.17. The van der Waals surface area contributed by atoms with Gasteiger partial charge in [-0.25, -0.2) is 0 Å². The summed E-state index contributed by atoms with van der Waals surface area (Å²) < 4.78 is 10.7. The molecule has 0 fully saturated rings. The SMILES string of the molecule is C=CC(=O)c1cc(C(=O)c2ccc(OC)cc2O)c(-c2ccccc2)c(CCO)c1OC. The average Bonchev–Trinajstić information content (AvgIpc) is 2.83. The molecule has 0 bridgehead atoms. The van der Waals surface area contributed by atoms with Gasteiger partial charge in [0.1, 0.15) is 17.2 Å². The van der Waals surface area contributed by atoms with E-state index in [1.54, 1.807) is 6.07 Å². The van der Waals surface area contributed by atoms with Crippen LogP contribution in [0.4, 0.5) is 0 Å². The highest BCUT2D eigenvalue weighted by Crippen LogP contribution is 2.39. The Morgan fingerprint density at radius 3 is 2.25 bits per heavy atom. The molecule has 3 rings (SSSR count). The van der Waals surface area contributed by atoms with Gasteiger partial charge in [-0.2, -0.15) is 0 Å². The van der Waals surface area contributed by atoms with Crippen LogP contribution in [0.1, 0.15) is 31.8 Å². The lowest BCUT2D eigenvalue weighted by Crippen LogP contribution is -2.12. The molecule has 3 aromatic carbocycles. The van der Waals surface area contributed by atoms with Crippen molar-refractivity contribution >= 4 is 11.6 Å². The third-order valence-electron chi connectivity index (χ3n) is 5.15. The molecule has 3 aromatic rings. The summed E-state index contributed by atoms with van der Waals surface area (Å²) in [7, 11) is 2.89. The average molecular weight is 432 g/mol. The van der Waals surface area contributed by atoms with Crippen LogP contribution in [0.5, 0.6) is 17.2 Å². The number of carbonyl (C=O) groups is 2. The van der Waals surface area contributed by atoms with E-state index in [2.05, 4.69) is 6.58 Å². The van der Waals surface area contributed by atoms with Crippen LogP contribution < -0.4 is 9.47 Å². The van der Waals surface area contributed by atoms with Crippen molar-refractivity contribution in [3.05, 3.63) is 89.5 Å². The fraction of sp³-hybridized carbons (Fsp3) is 0.154. The maximum Gasteiger partial charge on any atom is 0.197 e. The zero-order chi connectivity index (χ0) is 23.3. The molecule has 0 aliphatic rings. The second-order valence-corrected chi connectivity index (χ2v) is 6.98. The molecule has 0 heterocycles. The quantitative estimate of drug-likeness (QED) is 0.389.